The molecule has 54 heavy (non-hydrogen) atoms. The van der Waals surface area contributed by atoms with Gasteiger partial charge in [-0.3, -0.25) is 9.59 Å². The molecule has 0 aliphatic heterocycles. The fraction of sp³-hybridized carbons (Fsp3) is 0.875. The van der Waals surface area contributed by atoms with Crippen LogP contribution in [0.15, 0.2) is 24.3 Å². The van der Waals surface area contributed by atoms with Crippen LogP contribution in [-0.4, -0.2) is 46.9 Å². The van der Waals surface area contributed by atoms with Crippen LogP contribution in [0.5, 0.6) is 0 Å². The van der Waals surface area contributed by atoms with Gasteiger partial charge in [0.25, 0.3) is 0 Å². The van der Waals surface area contributed by atoms with E-state index in [0.717, 1.165) is 77.0 Å². The number of carbonyl (C=O) groups excluding carboxylic acids is 2. The number of carbonyl (C=O) groups is 2. The van der Waals surface area contributed by atoms with E-state index < -0.39 is 18.2 Å². The molecule has 6 nitrogen and oxygen atoms in total. The molecule has 0 aliphatic carbocycles. The summed E-state index contributed by atoms with van der Waals surface area (Å²) < 4.78 is 5.88. The molecule has 0 aromatic carbocycles. The van der Waals surface area contributed by atoms with E-state index in [4.69, 9.17) is 4.74 Å². The maximum Gasteiger partial charge on any atom is 0.306 e. The maximum atomic E-state index is 13.1. The smallest absolute Gasteiger partial charge is 0.306 e. The SMILES string of the molecule is CCCC/C=C\CCCCCC(CC(=O)NC(CO)C(O)CCCCCCCCCCCCCC)OC(=O)CCCCC/C=C\CCCCCCCCC. The fourth-order valence-electron chi connectivity index (χ4n) is 7.11. The third kappa shape index (κ3) is 37.3. The zero-order valence-corrected chi connectivity index (χ0v) is 36.1. The summed E-state index contributed by atoms with van der Waals surface area (Å²) >= 11 is 0. The molecule has 0 saturated heterocycles. The van der Waals surface area contributed by atoms with Crippen molar-refractivity contribution in [2.24, 2.45) is 0 Å². The first-order chi connectivity index (χ1) is 26.5. The Bertz CT molecular complexity index is 858. The number of ether oxygens (including phenoxy) is 1. The summed E-state index contributed by atoms with van der Waals surface area (Å²) in [5.74, 6) is -0.505. The number of allylic oxidation sites excluding steroid dienone is 4. The summed E-state index contributed by atoms with van der Waals surface area (Å²) in [7, 11) is 0. The average Bonchev–Trinajstić information content (AvgIpc) is 3.16. The van der Waals surface area contributed by atoms with Gasteiger partial charge in [-0.1, -0.05) is 186 Å². The quantitative estimate of drug-likeness (QED) is 0.0327. The molecule has 0 aliphatic rings. The van der Waals surface area contributed by atoms with Gasteiger partial charge in [0.2, 0.25) is 5.91 Å². The van der Waals surface area contributed by atoms with E-state index in [2.05, 4.69) is 50.4 Å². The van der Waals surface area contributed by atoms with Crippen molar-refractivity contribution in [1.29, 1.82) is 0 Å². The highest BCUT2D eigenvalue weighted by atomic mass is 16.5. The fourth-order valence-corrected chi connectivity index (χ4v) is 7.11. The number of nitrogens with one attached hydrogen (secondary N) is 1. The second kappa shape index (κ2) is 42.5. The van der Waals surface area contributed by atoms with Gasteiger partial charge in [0.15, 0.2) is 0 Å². The minimum absolute atomic E-state index is 0.0635. The third-order valence-electron chi connectivity index (χ3n) is 10.8. The van der Waals surface area contributed by atoms with Gasteiger partial charge in [0.05, 0.1) is 25.2 Å². The van der Waals surface area contributed by atoms with Crippen molar-refractivity contribution in [3.63, 3.8) is 0 Å². The Morgan fingerprint density at radius 2 is 0.907 bits per heavy atom. The maximum absolute atomic E-state index is 13.1. The summed E-state index contributed by atoms with van der Waals surface area (Å²) in [6, 6.07) is -0.703. The van der Waals surface area contributed by atoms with Gasteiger partial charge in [-0.05, 0) is 70.6 Å². The minimum atomic E-state index is -0.788. The first kappa shape index (κ1) is 52.3. The Kier molecular flexibility index (Phi) is 41.2. The van der Waals surface area contributed by atoms with E-state index in [9.17, 15) is 19.8 Å². The van der Waals surface area contributed by atoms with Gasteiger partial charge >= 0.3 is 5.97 Å². The van der Waals surface area contributed by atoms with Gasteiger partial charge in [0.1, 0.15) is 6.10 Å². The highest BCUT2D eigenvalue weighted by Gasteiger charge is 2.24. The van der Waals surface area contributed by atoms with Crippen molar-refractivity contribution in [1.82, 2.24) is 5.32 Å². The predicted octanol–water partition coefficient (Wildman–Crippen LogP) is 13.6. The summed E-state index contributed by atoms with van der Waals surface area (Å²) in [4.78, 5) is 25.9. The third-order valence-corrected chi connectivity index (χ3v) is 10.8. The van der Waals surface area contributed by atoms with Crippen molar-refractivity contribution in [2.45, 2.75) is 264 Å². The number of hydrogen-bond acceptors (Lipinski definition) is 5. The first-order valence-electron chi connectivity index (χ1n) is 23.6. The molecule has 0 aromatic heterocycles. The van der Waals surface area contributed by atoms with Crippen LogP contribution in [0, 0.1) is 0 Å². The molecule has 0 rings (SSSR count). The lowest BCUT2D eigenvalue weighted by molar-refractivity contribution is -0.151. The number of aliphatic hydroxyl groups excluding tert-OH is 2. The van der Waals surface area contributed by atoms with Crippen LogP contribution >= 0.6 is 0 Å². The van der Waals surface area contributed by atoms with Gasteiger partial charge < -0.3 is 20.3 Å². The Morgan fingerprint density at radius 1 is 0.519 bits per heavy atom. The molecule has 0 saturated carbocycles. The van der Waals surface area contributed by atoms with Gasteiger partial charge in [0, 0.05) is 6.42 Å². The monoisotopic (exact) mass is 762 g/mol. The van der Waals surface area contributed by atoms with Crippen LogP contribution in [0.25, 0.3) is 0 Å². The summed E-state index contributed by atoms with van der Waals surface area (Å²) in [5, 5.41) is 23.6. The number of aliphatic hydroxyl groups is 2. The molecule has 0 aromatic rings. The highest BCUT2D eigenvalue weighted by Crippen LogP contribution is 2.17. The van der Waals surface area contributed by atoms with Crippen molar-refractivity contribution >= 4 is 11.9 Å². The van der Waals surface area contributed by atoms with Crippen LogP contribution in [-0.2, 0) is 14.3 Å². The Morgan fingerprint density at radius 3 is 1.39 bits per heavy atom. The topological polar surface area (TPSA) is 95.9 Å². The van der Waals surface area contributed by atoms with Crippen LogP contribution in [0.3, 0.4) is 0 Å². The van der Waals surface area contributed by atoms with Crippen LogP contribution < -0.4 is 5.32 Å². The van der Waals surface area contributed by atoms with Gasteiger partial charge in [-0.25, -0.2) is 0 Å². The molecule has 0 bridgehead atoms. The van der Waals surface area contributed by atoms with E-state index in [-0.39, 0.29) is 24.9 Å². The van der Waals surface area contributed by atoms with E-state index in [1.165, 1.54) is 122 Å². The van der Waals surface area contributed by atoms with Crippen molar-refractivity contribution in [3.8, 4) is 0 Å². The van der Waals surface area contributed by atoms with E-state index in [1.54, 1.807) is 0 Å². The summed E-state index contributed by atoms with van der Waals surface area (Å²) in [6.45, 7) is 6.42. The molecule has 3 atom stereocenters. The molecular formula is C48H91NO5. The highest BCUT2D eigenvalue weighted by molar-refractivity contribution is 5.77. The van der Waals surface area contributed by atoms with E-state index in [0.29, 0.717) is 19.3 Å². The zero-order valence-electron chi connectivity index (χ0n) is 36.1. The summed E-state index contributed by atoms with van der Waals surface area (Å²) in [6.07, 6.45) is 46.7. The van der Waals surface area contributed by atoms with Crippen molar-refractivity contribution in [2.75, 3.05) is 6.61 Å². The second-order valence-electron chi connectivity index (χ2n) is 16.2. The minimum Gasteiger partial charge on any atom is -0.462 e. The van der Waals surface area contributed by atoms with E-state index in [1.807, 2.05) is 0 Å². The molecule has 0 spiro atoms. The molecule has 0 heterocycles. The van der Waals surface area contributed by atoms with Gasteiger partial charge in [-0.15, -0.1) is 0 Å². The van der Waals surface area contributed by atoms with Crippen LogP contribution in [0.4, 0.5) is 0 Å². The molecule has 3 unspecified atom stereocenters. The lowest BCUT2D eigenvalue weighted by atomic mass is 10.0. The lowest BCUT2D eigenvalue weighted by Crippen LogP contribution is -2.46. The molecule has 6 heteroatoms. The van der Waals surface area contributed by atoms with E-state index >= 15 is 0 Å². The molecule has 3 N–H and O–H groups in total. The molecule has 0 fully saturated rings. The standard InChI is InChI=1S/C48H91NO5/c1-4-7-10-13-16-19-21-23-24-26-29-32-35-38-41-48(53)54-44(39-36-33-30-27-18-15-12-9-6-3)42-47(52)49-45(43-50)46(51)40-37-34-31-28-25-22-20-17-14-11-8-5-2/h15,18,24,26,44-46,50-51H,4-14,16-17,19-23,25,27-43H2,1-3H3,(H,49,52)/b18-15-,26-24-. The molecule has 318 valence electrons. The van der Waals surface area contributed by atoms with Crippen LogP contribution in [0.1, 0.15) is 245 Å². The Labute approximate surface area is 335 Å². The van der Waals surface area contributed by atoms with Crippen LogP contribution in [0.2, 0.25) is 0 Å². The average molecular weight is 762 g/mol. The normalized spacial score (nSPS) is 13.5. The zero-order chi connectivity index (χ0) is 39.6. The predicted molar refractivity (Wildman–Crippen MR) is 232 cm³/mol. The largest absolute Gasteiger partial charge is 0.462 e. The number of hydrogen-bond donors (Lipinski definition) is 3. The number of unbranched alkanes of at least 4 members (excludes halogenated alkanes) is 26. The lowest BCUT2D eigenvalue weighted by Gasteiger charge is -2.24. The Balaban J connectivity index is 4.53. The number of rotatable bonds is 42. The molecule has 0 radical (unpaired) electrons. The number of amides is 1. The first-order valence-corrected chi connectivity index (χ1v) is 23.6. The second-order valence-corrected chi connectivity index (χ2v) is 16.2. The van der Waals surface area contributed by atoms with Gasteiger partial charge in [-0.2, -0.15) is 0 Å². The number of esters is 1. The molecular weight excluding hydrogens is 671 g/mol. The molecule has 1 amide bonds. The van der Waals surface area contributed by atoms with Crippen molar-refractivity contribution < 1.29 is 24.5 Å². The van der Waals surface area contributed by atoms with Crippen molar-refractivity contribution in [3.05, 3.63) is 24.3 Å². The summed E-state index contributed by atoms with van der Waals surface area (Å²) in [5.41, 5.74) is 0. The Hall–Kier alpha value is -1.66.